The van der Waals surface area contributed by atoms with E-state index >= 15 is 0 Å². The van der Waals surface area contributed by atoms with Crippen molar-refractivity contribution in [2.24, 2.45) is 0 Å². The van der Waals surface area contributed by atoms with Gasteiger partial charge in [0.05, 0.1) is 5.75 Å². The second-order valence-corrected chi connectivity index (χ2v) is 6.25. The Morgan fingerprint density at radius 1 is 1.39 bits per heavy atom. The highest BCUT2D eigenvalue weighted by atomic mass is 32.2. The second-order valence-electron chi connectivity index (χ2n) is 4.32. The third-order valence-corrected chi connectivity index (χ3v) is 4.22. The number of rotatable bonds is 3. The third-order valence-electron chi connectivity index (χ3n) is 2.82. The van der Waals surface area contributed by atoms with Crippen molar-refractivity contribution in [1.82, 2.24) is 5.32 Å². The molecule has 1 aromatic rings. The molecule has 0 aromatic heterocycles. The van der Waals surface area contributed by atoms with E-state index in [1.54, 1.807) is 6.92 Å². The molecule has 1 aliphatic rings. The smallest absolute Gasteiger partial charge is 0.173 e. The Labute approximate surface area is 104 Å². The molecule has 98 valence electrons. The number of nitrogens with one attached hydrogen (secondary N) is 1. The summed E-state index contributed by atoms with van der Waals surface area (Å²) in [6.45, 7) is 1.70. The molecule has 0 spiro atoms. The zero-order chi connectivity index (χ0) is 13.3. The lowest BCUT2D eigenvalue weighted by Crippen LogP contribution is -2.32. The SMILES string of the molecule is CC(NC1C=CS(=O)(=O)C1)c1ccc(F)cc1F. The van der Waals surface area contributed by atoms with Crippen LogP contribution >= 0.6 is 0 Å². The van der Waals surface area contributed by atoms with Crippen molar-refractivity contribution in [3.8, 4) is 0 Å². The number of sulfone groups is 1. The van der Waals surface area contributed by atoms with Crippen LogP contribution in [0.5, 0.6) is 0 Å². The summed E-state index contributed by atoms with van der Waals surface area (Å²) in [7, 11) is -3.14. The van der Waals surface area contributed by atoms with Crippen molar-refractivity contribution in [1.29, 1.82) is 0 Å². The van der Waals surface area contributed by atoms with Gasteiger partial charge in [-0.05, 0) is 13.0 Å². The van der Waals surface area contributed by atoms with E-state index < -0.39 is 27.5 Å². The molecule has 6 heteroatoms. The molecular formula is C12H13F2NO2S. The lowest BCUT2D eigenvalue weighted by molar-refractivity contribution is 0.499. The Morgan fingerprint density at radius 3 is 2.67 bits per heavy atom. The van der Waals surface area contributed by atoms with Gasteiger partial charge in [-0.3, -0.25) is 0 Å². The predicted molar refractivity (Wildman–Crippen MR) is 64.6 cm³/mol. The first-order valence-electron chi connectivity index (χ1n) is 5.49. The van der Waals surface area contributed by atoms with E-state index in [9.17, 15) is 17.2 Å². The maximum Gasteiger partial charge on any atom is 0.173 e. The topological polar surface area (TPSA) is 46.2 Å². The van der Waals surface area contributed by atoms with Crippen LogP contribution in [-0.2, 0) is 9.84 Å². The summed E-state index contributed by atoms with van der Waals surface area (Å²) in [5.41, 5.74) is 0.314. The van der Waals surface area contributed by atoms with E-state index in [0.29, 0.717) is 5.56 Å². The van der Waals surface area contributed by atoms with E-state index in [0.717, 1.165) is 11.5 Å². The van der Waals surface area contributed by atoms with E-state index in [4.69, 9.17) is 0 Å². The van der Waals surface area contributed by atoms with Crippen LogP contribution in [0.15, 0.2) is 29.7 Å². The van der Waals surface area contributed by atoms with Crippen LogP contribution in [0.3, 0.4) is 0 Å². The van der Waals surface area contributed by atoms with E-state index in [2.05, 4.69) is 5.32 Å². The first-order chi connectivity index (χ1) is 8.37. The molecule has 18 heavy (non-hydrogen) atoms. The van der Waals surface area contributed by atoms with Crippen LogP contribution < -0.4 is 5.32 Å². The second kappa shape index (κ2) is 4.78. The predicted octanol–water partition coefficient (Wildman–Crippen LogP) is 1.93. The number of hydrogen-bond donors (Lipinski definition) is 1. The minimum absolute atomic E-state index is 0.0276. The quantitative estimate of drug-likeness (QED) is 0.915. The molecule has 1 aromatic carbocycles. The molecule has 0 bridgehead atoms. The van der Waals surface area contributed by atoms with Gasteiger partial charge in [0.1, 0.15) is 11.6 Å². The van der Waals surface area contributed by atoms with E-state index in [1.807, 2.05) is 0 Å². The summed E-state index contributed by atoms with van der Waals surface area (Å²) < 4.78 is 48.7. The molecule has 2 atom stereocenters. The molecule has 0 amide bonds. The Balaban J connectivity index is 2.09. The largest absolute Gasteiger partial charge is 0.303 e. The summed E-state index contributed by atoms with van der Waals surface area (Å²) in [6, 6.07) is 2.62. The highest BCUT2D eigenvalue weighted by Crippen LogP contribution is 2.20. The highest BCUT2D eigenvalue weighted by Gasteiger charge is 2.23. The van der Waals surface area contributed by atoms with Gasteiger partial charge in [0, 0.05) is 29.1 Å². The molecule has 1 heterocycles. The molecular weight excluding hydrogens is 260 g/mol. The van der Waals surface area contributed by atoms with E-state index in [-0.39, 0.29) is 11.8 Å². The molecule has 0 saturated carbocycles. The minimum Gasteiger partial charge on any atom is -0.303 e. The lowest BCUT2D eigenvalue weighted by atomic mass is 10.1. The lowest BCUT2D eigenvalue weighted by Gasteiger charge is -2.18. The molecule has 2 rings (SSSR count). The highest BCUT2D eigenvalue weighted by molar-refractivity contribution is 7.94. The molecule has 0 radical (unpaired) electrons. The van der Waals surface area contributed by atoms with Crippen LogP contribution in [0.2, 0.25) is 0 Å². The average Bonchev–Trinajstić information content (AvgIpc) is 2.57. The minimum atomic E-state index is -3.14. The van der Waals surface area contributed by atoms with Crippen LogP contribution in [-0.4, -0.2) is 20.2 Å². The van der Waals surface area contributed by atoms with Crippen LogP contribution in [0.25, 0.3) is 0 Å². The Morgan fingerprint density at radius 2 is 2.11 bits per heavy atom. The Hall–Kier alpha value is -1.27. The third kappa shape index (κ3) is 2.94. The van der Waals surface area contributed by atoms with Crippen molar-refractivity contribution >= 4 is 9.84 Å². The molecule has 0 fully saturated rings. The van der Waals surface area contributed by atoms with Gasteiger partial charge in [-0.25, -0.2) is 17.2 Å². The van der Waals surface area contributed by atoms with Gasteiger partial charge in [-0.15, -0.1) is 0 Å². The van der Waals surface area contributed by atoms with Crippen molar-refractivity contribution < 1.29 is 17.2 Å². The van der Waals surface area contributed by atoms with Gasteiger partial charge in [-0.1, -0.05) is 12.1 Å². The fraction of sp³-hybridized carbons (Fsp3) is 0.333. The zero-order valence-corrected chi connectivity index (χ0v) is 10.5. The van der Waals surface area contributed by atoms with Gasteiger partial charge in [-0.2, -0.15) is 0 Å². The maximum absolute atomic E-state index is 13.5. The number of halogens is 2. The maximum atomic E-state index is 13.5. The monoisotopic (exact) mass is 273 g/mol. The van der Waals surface area contributed by atoms with Gasteiger partial charge >= 0.3 is 0 Å². The molecule has 0 aliphatic carbocycles. The molecule has 3 nitrogen and oxygen atoms in total. The fourth-order valence-corrected chi connectivity index (χ4v) is 3.19. The van der Waals surface area contributed by atoms with Gasteiger partial charge < -0.3 is 5.32 Å². The zero-order valence-electron chi connectivity index (χ0n) is 9.73. The van der Waals surface area contributed by atoms with Crippen LogP contribution in [0, 0.1) is 11.6 Å². The Kier molecular flexibility index (Phi) is 3.49. The van der Waals surface area contributed by atoms with Crippen molar-refractivity contribution in [2.75, 3.05) is 5.75 Å². The Bertz CT molecular complexity index is 584. The molecule has 2 unspecified atom stereocenters. The first kappa shape index (κ1) is 13.2. The molecule has 1 N–H and O–H groups in total. The van der Waals surface area contributed by atoms with Gasteiger partial charge in [0.2, 0.25) is 0 Å². The van der Waals surface area contributed by atoms with E-state index in [1.165, 1.54) is 18.2 Å². The summed E-state index contributed by atoms with van der Waals surface area (Å²) in [4.78, 5) is 0. The van der Waals surface area contributed by atoms with Gasteiger partial charge in [0.15, 0.2) is 9.84 Å². The van der Waals surface area contributed by atoms with Crippen molar-refractivity contribution in [3.63, 3.8) is 0 Å². The number of benzene rings is 1. The summed E-state index contributed by atoms with van der Waals surface area (Å²) in [5.74, 6) is -1.30. The molecule has 1 aliphatic heterocycles. The first-order valence-corrected chi connectivity index (χ1v) is 7.21. The standard InChI is InChI=1S/C12H13F2NO2S/c1-8(11-3-2-9(13)6-12(11)14)15-10-4-5-18(16,17)7-10/h2-6,8,10,15H,7H2,1H3. The van der Waals surface area contributed by atoms with Crippen molar-refractivity contribution in [3.05, 3.63) is 46.9 Å². The summed E-state index contributed by atoms with van der Waals surface area (Å²) in [5, 5.41) is 4.13. The normalized spacial score (nSPS) is 23.2. The van der Waals surface area contributed by atoms with Crippen LogP contribution in [0.4, 0.5) is 8.78 Å². The average molecular weight is 273 g/mol. The fourth-order valence-electron chi connectivity index (χ4n) is 1.94. The summed E-state index contributed by atoms with van der Waals surface area (Å²) in [6.07, 6.45) is 1.53. The van der Waals surface area contributed by atoms with Crippen molar-refractivity contribution in [2.45, 2.75) is 19.0 Å². The molecule has 0 saturated heterocycles. The number of hydrogen-bond acceptors (Lipinski definition) is 3. The van der Waals surface area contributed by atoms with Gasteiger partial charge in [0.25, 0.3) is 0 Å². The summed E-state index contributed by atoms with van der Waals surface area (Å²) >= 11 is 0. The van der Waals surface area contributed by atoms with Crippen LogP contribution in [0.1, 0.15) is 18.5 Å².